The summed E-state index contributed by atoms with van der Waals surface area (Å²) in [5, 5.41) is 7.43. The average molecular weight is 228 g/mol. The van der Waals surface area contributed by atoms with Gasteiger partial charge in [-0.3, -0.25) is 4.98 Å². The maximum absolute atomic E-state index is 5.19. The highest BCUT2D eigenvalue weighted by Crippen LogP contribution is 2.08. The lowest BCUT2D eigenvalue weighted by atomic mass is 10.2. The zero-order valence-corrected chi connectivity index (χ0v) is 9.33. The third kappa shape index (κ3) is 2.54. The lowest BCUT2D eigenvalue weighted by molar-refractivity contribution is 1.17. The van der Waals surface area contributed by atoms with Crippen LogP contribution in [0.4, 0.5) is 0 Å². The van der Waals surface area contributed by atoms with Crippen LogP contribution in [0.1, 0.15) is 12.6 Å². The lowest BCUT2D eigenvalue weighted by Crippen LogP contribution is -2.22. The number of hydrogen-bond acceptors (Lipinski definition) is 4. The Balaban J connectivity index is 2.43. The Hall–Kier alpha value is -2.50. The zero-order chi connectivity index (χ0) is 12.3. The number of fused-ring (bicyclic) bond motifs is 1. The molecule has 0 amide bonds. The average Bonchev–Trinajstić information content (AvgIpc) is 2.35. The summed E-state index contributed by atoms with van der Waals surface area (Å²) in [5.41, 5.74) is 13.3. The van der Waals surface area contributed by atoms with Crippen molar-refractivity contribution in [3.63, 3.8) is 0 Å². The number of guanidine groups is 1. The summed E-state index contributed by atoms with van der Waals surface area (Å²) in [4.78, 5) is 8.68. The summed E-state index contributed by atoms with van der Waals surface area (Å²) in [6, 6.07) is 7.61. The molecule has 0 fully saturated rings. The fourth-order valence-corrected chi connectivity index (χ4v) is 1.32. The summed E-state index contributed by atoms with van der Waals surface area (Å²) < 4.78 is 0. The highest BCUT2D eigenvalue weighted by molar-refractivity contribution is 5.98. The smallest absolute Gasteiger partial charge is 0.211 e. The Bertz CT molecular complexity index is 598. The molecule has 0 aliphatic heterocycles. The van der Waals surface area contributed by atoms with E-state index in [-0.39, 0.29) is 5.96 Å². The van der Waals surface area contributed by atoms with E-state index in [2.05, 4.69) is 20.2 Å². The van der Waals surface area contributed by atoms with Crippen LogP contribution in [0.2, 0.25) is 0 Å². The van der Waals surface area contributed by atoms with E-state index in [9.17, 15) is 0 Å². The Morgan fingerprint density at radius 1 is 1.12 bits per heavy atom. The number of hydrogen-bond donors (Lipinski definition) is 2. The van der Waals surface area contributed by atoms with E-state index < -0.39 is 0 Å². The number of para-hydroxylation sites is 2. The number of benzene rings is 1. The predicted octanol–water partition coefficient (Wildman–Crippen LogP) is 0.627. The molecule has 1 aromatic heterocycles. The molecule has 0 saturated heterocycles. The van der Waals surface area contributed by atoms with Crippen molar-refractivity contribution in [2.45, 2.75) is 6.92 Å². The zero-order valence-electron chi connectivity index (χ0n) is 9.33. The second-order valence-corrected chi connectivity index (χ2v) is 3.45. The molecule has 1 heterocycles. The second kappa shape index (κ2) is 4.56. The molecule has 1 aromatic carbocycles. The molecule has 0 unspecified atom stereocenters. The molecule has 17 heavy (non-hydrogen) atoms. The molecule has 0 radical (unpaired) electrons. The number of nitrogens with zero attached hydrogens (tertiary/aromatic N) is 4. The molecule has 0 aliphatic carbocycles. The van der Waals surface area contributed by atoms with Crippen LogP contribution < -0.4 is 11.5 Å². The number of rotatable bonds is 2. The van der Waals surface area contributed by atoms with Gasteiger partial charge in [0.25, 0.3) is 0 Å². The van der Waals surface area contributed by atoms with Gasteiger partial charge in [0.2, 0.25) is 5.96 Å². The molecule has 4 N–H and O–H groups in total. The minimum atomic E-state index is -0.0851. The van der Waals surface area contributed by atoms with Crippen molar-refractivity contribution in [2.75, 3.05) is 0 Å². The van der Waals surface area contributed by atoms with Gasteiger partial charge < -0.3 is 11.5 Å². The van der Waals surface area contributed by atoms with Gasteiger partial charge in [0, 0.05) is 0 Å². The molecule has 0 atom stereocenters. The molecular weight excluding hydrogens is 216 g/mol. The van der Waals surface area contributed by atoms with E-state index in [0.717, 1.165) is 11.0 Å². The largest absolute Gasteiger partial charge is 0.369 e. The van der Waals surface area contributed by atoms with Crippen molar-refractivity contribution in [1.82, 2.24) is 9.97 Å². The van der Waals surface area contributed by atoms with Crippen LogP contribution in [0.3, 0.4) is 0 Å². The van der Waals surface area contributed by atoms with Crippen LogP contribution in [0, 0.1) is 0 Å². The highest BCUT2D eigenvalue weighted by Gasteiger charge is 2.02. The predicted molar refractivity (Wildman–Crippen MR) is 67.6 cm³/mol. The van der Waals surface area contributed by atoms with Gasteiger partial charge in [0.05, 0.1) is 22.9 Å². The third-order valence-corrected chi connectivity index (χ3v) is 2.13. The monoisotopic (exact) mass is 228 g/mol. The van der Waals surface area contributed by atoms with Gasteiger partial charge in [-0.15, -0.1) is 10.2 Å². The third-order valence-electron chi connectivity index (χ3n) is 2.13. The van der Waals surface area contributed by atoms with Crippen molar-refractivity contribution in [3.05, 3.63) is 36.2 Å². The summed E-state index contributed by atoms with van der Waals surface area (Å²) in [6.45, 7) is 1.77. The number of nitrogens with two attached hydrogens (primary N) is 2. The van der Waals surface area contributed by atoms with E-state index in [4.69, 9.17) is 11.5 Å². The topological polar surface area (TPSA) is 103 Å². The molecule has 2 rings (SSSR count). The summed E-state index contributed by atoms with van der Waals surface area (Å²) in [7, 11) is 0. The normalized spacial score (nSPS) is 11.5. The van der Waals surface area contributed by atoms with Crippen LogP contribution in [-0.2, 0) is 0 Å². The molecule has 0 bridgehead atoms. The second-order valence-electron chi connectivity index (χ2n) is 3.45. The summed E-state index contributed by atoms with van der Waals surface area (Å²) in [6.07, 6.45) is 1.64. The fraction of sp³-hybridized carbons (Fsp3) is 0.0909. The van der Waals surface area contributed by atoms with Gasteiger partial charge in [-0.2, -0.15) is 0 Å². The Morgan fingerprint density at radius 3 is 2.53 bits per heavy atom. The molecule has 0 spiro atoms. The minimum absolute atomic E-state index is 0.0851. The molecule has 6 nitrogen and oxygen atoms in total. The quantitative estimate of drug-likeness (QED) is 0.447. The van der Waals surface area contributed by atoms with Crippen molar-refractivity contribution in [1.29, 1.82) is 0 Å². The maximum Gasteiger partial charge on any atom is 0.211 e. The van der Waals surface area contributed by atoms with Crippen LogP contribution >= 0.6 is 0 Å². The molecule has 86 valence electrons. The van der Waals surface area contributed by atoms with Crippen LogP contribution in [0.5, 0.6) is 0 Å². The SMILES string of the molecule is C/C(=N/N=C(N)N)c1cnc2ccccc2n1. The Morgan fingerprint density at radius 2 is 1.82 bits per heavy atom. The standard InChI is InChI=1S/C11H12N6/c1-7(16-17-11(12)13)10-6-14-8-4-2-3-5-9(8)15-10/h2-6H,1H3,(H4,12,13,17)/b16-7-. The van der Waals surface area contributed by atoms with Gasteiger partial charge in [-0.1, -0.05) is 12.1 Å². The van der Waals surface area contributed by atoms with Crippen molar-refractivity contribution in [2.24, 2.45) is 21.7 Å². The van der Waals surface area contributed by atoms with Gasteiger partial charge in [-0.25, -0.2) is 4.98 Å². The molecular formula is C11H12N6. The molecule has 2 aromatic rings. The van der Waals surface area contributed by atoms with Crippen molar-refractivity contribution < 1.29 is 0 Å². The van der Waals surface area contributed by atoms with Crippen LogP contribution in [0.15, 0.2) is 40.7 Å². The first-order valence-electron chi connectivity index (χ1n) is 5.02. The van der Waals surface area contributed by atoms with Crippen LogP contribution in [-0.4, -0.2) is 21.6 Å². The molecule has 0 aliphatic rings. The summed E-state index contributed by atoms with van der Waals surface area (Å²) >= 11 is 0. The molecule has 6 heteroatoms. The maximum atomic E-state index is 5.19. The van der Waals surface area contributed by atoms with Gasteiger partial charge in [-0.05, 0) is 19.1 Å². The Kier molecular flexibility index (Phi) is 2.95. The van der Waals surface area contributed by atoms with Gasteiger partial charge in [0.15, 0.2) is 0 Å². The first-order chi connectivity index (χ1) is 8.16. The fourth-order valence-electron chi connectivity index (χ4n) is 1.32. The Labute approximate surface area is 98.1 Å². The highest BCUT2D eigenvalue weighted by atomic mass is 15.3. The van der Waals surface area contributed by atoms with E-state index in [1.165, 1.54) is 0 Å². The summed E-state index contributed by atoms with van der Waals surface area (Å²) in [5.74, 6) is -0.0851. The van der Waals surface area contributed by atoms with Crippen molar-refractivity contribution in [3.8, 4) is 0 Å². The minimum Gasteiger partial charge on any atom is -0.369 e. The van der Waals surface area contributed by atoms with E-state index in [0.29, 0.717) is 11.4 Å². The first kappa shape index (κ1) is 11.0. The van der Waals surface area contributed by atoms with Gasteiger partial charge >= 0.3 is 0 Å². The van der Waals surface area contributed by atoms with Gasteiger partial charge in [0.1, 0.15) is 5.69 Å². The van der Waals surface area contributed by atoms with E-state index >= 15 is 0 Å². The molecule has 0 saturated carbocycles. The van der Waals surface area contributed by atoms with Crippen LogP contribution in [0.25, 0.3) is 11.0 Å². The number of aromatic nitrogens is 2. The van der Waals surface area contributed by atoms with E-state index in [1.54, 1.807) is 13.1 Å². The lowest BCUT2D eigenvalue weighted by Gasteiger charge is -2.00. The van der Waals surface area contributed by atoms with E-state index in [1.807, 2.05) is 24.3 Å². The first-order valence-corrected chi connectivity index (χ1v) is 5.02. The van der Waals surface area contributed by atoms with Crippen molar-refractivity contribution >= 4 is 22.7 Å².